The SMILES string of the molecule is C#CCCCC.CCCCC.CCCCCCCC. The first kappa shape index (κ1) is 23.6. The normalized spacial score (nSPS) is 8.63. The molecular formula is C19H40. The molecule has 0 fully saturated rings. The predicted molar refractivity (Wildman–Crippen MR) is 92.6 cm³/mol. The van der Waals surface area contributed by atoms with Crippen molar-refractivity contribution in [3.8, 4) is 12.3 Å². The zero-order chi connectivity index (χ0) is 15.2. The fourth-order valence-corrected chi connectivity index (χ4v) is 1.49. The maximum absolute atomic E-state index is 4.96. The van der Waals surface area contributed by atoms with E-state index in [0.717, 1.165) is 6.42 Å². The summed E-state index contributed by atoms with van der Waals surface area (Å²) in [5.74, 6) is 2.57. The molecule has 0 N–H and O–H groups in total. The number of terminal acetylenes is 1. The van der Waals surface area contributed by atoms with Crippen LogP contribution in [0.5, 0.6) is 0 Å². The van der Waals surface area contributed by atoms with E-state index in [9.17, 15) is 0 Å². The average molecular weight is 269 g/mol. The number of hydrogen-bond donors (Lipinski definition) is 0. The van der Waals surface area contributed by atoms with Gasteiger partial charge in [0.05, 0.1) is 0 Å². The van der Waals surface area contributed by atoms with Crippen LogP contribution in [0.1, 0.15) is 112 Å². The highest BCUT2D eigenvalue weighted by atomic mass is 13.9. The summed E-state index contributed by atoms with van der Waals surface area (Å²) in [6, 6.07) is 0. The molecule has 0 saturated heterocycles. The average Bonchev–Trinajstić information content (AvgIpc) is 2.44. The Kier molecular flexibility index (Phi) is 38.0. The summed E-state index contributed by atoms with van der Waals surface area (Å²) in [5, 5.41) is 0. The van der Waals surface area contributed by atoms with Gasteiger partial charge in [0, 0.05) is 6.42 Å². The Morgan fingerprint density at radius 3 is 1.05 bits per heavy atom. The minimum Gasteiger partial charge on any atom is -0.120 e. The highest BCUT2D eigenvalue weighted by Gasteiger charge is 1.83. The number of rotatable bonds is 9. The molecule has 0 aliphatic heterocycles. The molecule has 0 unspecified atom stereocenters. The van der Waals surface area contributed by atoms with Crippen LogP contribution in [0, 0.1) is 12.3 Å². The van der Waals surface area contributed by atoms with Crippen molar-refractivity contribution < 1.29 is 0 Å². The lowest BCUT2D eigenvalue weighted by atomic mass is 10.1. The summed E-state index contributed by atoms with van der Waals surface area (Å²) in [6.07, 6.45) is 20.9. The van der Waals surface area contributed by atoms with Gasteiger partial charge in [-0.3, -0.25) is 0 Å². The second-order valence-corrected chi connectivity index (χ2v) is 5.08. The molecule has 0 aliphatic rings. The van der Waals surface area contributed by atoms with E-state index in [1.807, 2.05) is 0 Å². The Bertz CT molecular complexity index is 133. The van der Waals surface area contributed by atoms with Gasteiger partial charge in [-0.25, -0.2) is 0 Å². The zero-order valence-corrected chi connectivity index (χ0v) is 14.6. The van der Waals surface area contributed by atoms with Crippen molar-refractivity contribution in [2.45, 2.75) is 112 Å². The molecule has 116 valence electrons. The number of unbranched alkanes of at least 4 members (excludes halogenated alkanes) is 9. The van der Waals surface area contributed by atoms with Crippen molar-refractivity contribution in [3.05, 3.63) is 0 Å². The first-order chi connectivity index (χ1) is 9.24. The van der Waals surface area contributed by atoms with Gasteiger partial charge in [-0.15, -0.1) is 12.3 Å². The highest BCUT2D eigenvalue weighted by Crippen LogP contribution is 2.03. The van der Waals surface area contributed by atoms with E-state index in [2.05, 4.69) is 40.5 Å². The molecule has 0 aromatic heterocycles. The van der Waals surface area contributed by atoms with E-state index in [-0.39, 0.29) is 0 Å². The van der Waals surface area contributed by atoms with Gasteiger partial charge in [-0.1, -0.05) is 98.8 Å². The third kappa shape index (κ3) is 46.5. The molecule has 0 aromatic rings. The van der Waals surface area contributed by atoms with E-state index in [1.54, 1.807) is 0 Å². The summed E-state index contributed by atoms with van der Waals surface area (Å²) in [7, 11) is 0. The molecule has 0 nitrogen and oxygen atoms in total. The van der Waals surface area contributed by atoms with Crippen molar-refractivity contribution in [2.24, 2.45) is 0 Å². The summed E-state index contributed by atoms with van der Waals surface area (Å²) in [5.41, 5.74) is 0. The fraction of sp³-hybridized carbons (Fsp3) is 0.895. The molecule has 0 aromatic carbocycles. The standard InChI is InChI=1S/C8H18.C6H10.C5H12/c1-3-5-7-8-6-4-2;1-3-5-6-4-2;1-3-5-4-2/h3-8H2,1-2H3;1H,4-6H2,2H3;3-5H2,1-2H3. The van der Waals surface area contributed by atoms with Crippen LogP contribution in [0.15, 0.2) is 0 Å². The smallest absolute Gasteiger partial charge is 0.00859 e. The Balaban J connectivity index is -0.000000209. The van der Waals surface area contributed by atoms with Gasteiger partial charge in [-0.05, 0) is 6.42 Å². The van der Waals surface area contributed by atoms with Crippen LogP contribution in [0.4, 0.5) is 0 Å². The molecule has 0 bridgehead atoms. The van der Waals surface area contributed by atoms with Gasteiger partial charge in [0.25, 0.3) is 0 Å². The molecule has 0 spiro atoms. The minimum atomic E-state index is 0.941. The second kappa shape index (κ2) is 30.5. The van der Waals surface area contributed by atoms with Gasteiger partial charge in [-0.2, -0.15) is 0 Å². The molecular weight excluding hydrogens is 228 g/mol. The largest absolute Gasteiger partial charge is 0.120 e. The molecule has 0 heterocycles. The first-order valence-electron chi connectivity index (χ1n) is 8.68. The highest BCUT2D eigenvalue weighted by molar-refractivity contribution is 4.82. The lowest BCUT2D eigenvalue weighted by Crippen LogP contribution is -1.73. The molecule has 0 saturated carbocycles. The minimum absolute atomic E-state index is 0.941. The van der Waals surface area contributed by atoms with Crippen molar-refractivity contribution in [3.63, 3.8) is 0 Å². The summed E-state index contributed by atoms with van der Waals surface area (Å²) in [6.45, 7) is 11.1. The van der Waals surface area contributed by atoms with Crippen LogP contribution in [-0.4, -0.2) is 0 Å². The maximum Gasteiger partial charge on any atom is 0.00859 e. The predicted octanol–water partition coefficient (Wildman–Crippen LogP) is 7.37. The quantitative estimate of drug-likeness (QED) is 0.302. The Labute approximate surface area is 124 Å². The van der Waals surface area contributed by atoms with Crippen LogP contribution >= 0.6 is 0 Å². The lowest BCUT2D eigenvalue weighted by Gasteiger charge is -1.93. The topological polar surface area (TPSA) is 0 Å². The first-order valence-corrected chi connectivity index (χ1v) is 8.68. The van der Waals surface area contributed by atoms with Crippen LogP contribution < -0.4 is 0 Å². The lowest BCUT2D eigenvalue weighted by molar-refractivity contribution is 0.624. The maximum atomic E-state index is 4.96. The van der Waals surface area contributed by atoms with Crippen molar-refractivity contribution in [1.29, 1.82) is 0 Å². The van der Waals surface area contributed by atoms with Crippen molar-refractivity contribution in [2.75, 3.05) is 0 Å². The van der Waals surface area contributed by atoms with Crippen molar-refractivity contribution >= 4 is 0 Å². The Morgan fingerprint density at radius 2 is 0.895 bits per heavy atom. The molecule has 0 atom stereocenters. The van der Waals surface area contributed by atoms with Crippen LogP contribution in [0.3, 0.4) is 0 Å². The van der Waals surface area contributed by atoms with Gasteiger partial charge >= 0.3 is 0 Å². The van der Waals surface area contributed by atoms with E-state index in [1.165, 1.54) is 70.6 Å². The van der Waals surface area contributed by atoms with E-state index in [4.69, 9.17) is 6.42 Å². The third-order valence-corrected chi connectivity index (χ3v) is 2.84. The molecule has 0 radical (unpaired) electrons. The third-order valence-electron chi connectivity index (χ3n) is 2.84. The zero-order valence-electron chi connectivity index (χ0n) is 14.6. The molecule has 19 heavy (non-hydrogen) atoms. The fourth-order valence-electron chi connectivity index (χ4n) is 1.49. The van der Waals surface area contributed by atoms with Crippen LogP contribution in [0.2, 0.25) is 0 Å². The van der Waals surface area contributed by atoms with Crippen LogP contribution in [-0.2, 0) is 0 Å². The Hall–Kier alpha value is -0.440. The van der Waals surface area contributed by atoms with Gasteiger partial charge in [0.15, 0.2) is 0 Å². The number of hydrogen-bond acceptors (Lipinski definition) is 0. The second-order valence-electron chi connectivity index (χ2n) is 5.08. The van der Waals surface area contributed by atoms with E-state index >= 15 is 0 Å². The van der Waals surface area contributed by atoms with Gasteiger partial charge < -0.3 is 0 Å². The van der Waals surface area contributed by atoms with E-state index in [0.29, 0.717) is 0 Å². The van der Waals surface area contributed by atoms with Gasteiger partial charge in [0.2, 0.25) is 0 Å². The summed E-state index contributed by atoms with van der Waals surface area (Å²) in [4.78, 5) is 0. The molecule has 0 heteroatoms. The summed E-state index contributed by atoms with van der Waals surface area (Å²) >= 11 is 0. The monoisotopic (exact) mass is 268 g/mol. The van der Waals surface area contributed by atoms with E-state index < -0.39 is 0 Å². The molecule has 0 rings (SSSR count). The van der Waals surface area contributed by atoms with Gasteiger partial charge in [0.1, 0.15) is 0 Å². The molecule has 0 aliphatic carbocycles. The Morgan fingerprint density at radius 1 is 0.526 bits per heavy atom. The summed E-state index contributed by atoms with van der Waals surface area (Å²) < 4.78 is 0. The van der Waals surface area contributed by atoms with Crippen molar-refractivity contribution in [1.82, 2.24) is 0 Å². The van der Waals surface area contributed by atoms with Crippen LogP contribution in [0.25, 0.3) is 0 Å². The molecule has 0 amide bonds.